The first-order valence-electron chi connectivity index (χ1n) is 17.1. The normalized spacial score (nSPS) is 39.1. The summed E-state index contributed by atoms with van der Waals surface area (Å²) in [4.78, 5) is 38.7. The SMILES string of the molecule is C[C@H](CCCO)C1CC[C@H]2C3C(NC(=O)CCN)CC4C[C@H](NC(=O)CCN)CCC4(C)[C@H]3CC(NC(=O)CCN)C12C. The Bertz CT molecular complexity index is 981. The van der Waals surface area contributed by atoms with Crippen LogP contribution < -0.4 is 33.2 Å². The molecule has 0 radical (unpaired) electrons. The second kappa shape index (κ2) is 14.6. The molecule has 0 saturated heterocycles. The van der Waals surface area contributed by atoms with Crippen molar-refractivity contribution in [2.24, 2.45) is 63.5 Å². The van der Waals surface area contributed by atoms with E-state index in [2.05, 4.69) is 36.7 Å². The molecule has 0 bridgehead atoms. The first-order chi connectivity index (χ1) is 20.5. The predicted octanol–water partition coefficient (Wildman–Crippen LogP) is 1.77. The van der Waals surface area contributed by atoms with E-state index in [-0.39, 0.29) is 53.3 Å². The first kappa shape index (κ1) is 34.1. The topological polar surface area (TPSA) is 186 Å². The molecule has 3 amide bonds. The number of carbonyl (C=O) groups excluding carboxylic acids is 3. The summed E-state index contributed by atoms with van der Waals surface area (Å²) in [5, 5.41) is 19.8. The Labute approximate surface area is 258 Å². The lowest BCUT2D eigenvalue weighted by molar-refractivity contribution is -0.153. The van der Waals surface area contributed by atoms with Gasteiger partial charge in [-0.2, -0.15) is 0 Å². The van der Waals surface area contributed by atoms with E-state index in [1.54, 1.807) is 0 Å². The number of hydrogen-bond donors (Lipinski definition) is 7. The zero-order valence-corrected chi connectivity index (χ0v) is 26.9. The molecule has 0 aromatic rings. The third-order valence-electron chi connectivity index (χ3n) is 12.6. The first-order valence-corrected chi connectivity index (χ1v) is 17.1. The van der Waals surface area contributed by atoms with Crippen LogP contribution in [0, 0.1) is 46.3 Å². The van der Waals surface area contributed by atoms with Crippen molar-refractivity contribution < 1.29 is 19.5 Å². The highest BCUT2D eigenvalue weighted by atomic mass is 16.3. The Morgan fingerprint density at radius 3 is 2.09 bits per heavy atom. The van der Waals surface area contributed by atoms with Crippen LogP contribution in [0.25, 0.3) is 0 Å². The Hall–Kier alpha value is -1.75. The highest BCUT2D eigenvalue weighted by molar-refractivity contribution is 5.77. The molecule has 246 valence electrons. The van der Waals surface area contributed by atoms with E-state index in [1.165, 1.54) is 0 Å². The maximum absolute atomic E-state index is 13.2. The molecule has 0 spiro atoms. The van der Waals surface area contributed by atoms with E-state index < -0.39 is 0 Å². The van der Waals surface area contributed by atoms with Gasteiger partial charge in [0, 0.05) is 63.6 Å². The molecule has 0 aromatic carbocycles. The number of rotatable bonds is 13. The number of aliphatic hydroxyl groups excluding tert-OH is 1. The minimum absolute atomic E-state index is 0.0148. The van der Waals surface area contributed by atoms with Gasteiger partial charge in [0.1, 0.15) is 0 Å². The third-order valence-corrected chi connectivity index (χ3v) is 12.6. The van der Waals surface area contributed by atoms with Gasteiger partial charge in [-0.05, 0) is 104 Å². The second-order valence-corrected chi connectivity index (χ2v) is 14.8. The summed E-state index contributed by atoms with van der Waals surface area (Å²) in [6, 6.07) is 0.183. The van der Waals surface area contributed by atoms with Crippen molar-refractivity contribution in [1.82, 2.24) is 16.0 Å². The molecule has 0 aliphatic heterocycles. The van der Waals surface area contributed by atoms with Crippen molar-refractivity contribution in [2.75, 3.05) is 26.2 Å². The Morgan fingerprint density at radius 2 is 1.47 bits per heavy atom. The maximum Gasteiger partial charge on any atom is 0.221 e. The number of aliphatic hydroxyl groups is 1. The molecule has 10 heteroatoms. The Morgan fingerprint density at radius 1 is 0.837 bits per heavy atom. The molecule has 0 heterocycles. The molecular weight excluding hydrogens is 544 g/mol. The number of fused-ring (bicyclic) bond motifs is 5. The van der Waals surface area contributed by atoms with Gasteiger partial charge in [0.15, 0.2) is 0 Å². The van der Waals surface area contributed by atoms with Gasteiger partial charge in [-0.15, -0.1) is 0 Å². The molecule has 7 unspecified atom stereocenters. The van der Waals surface area contributed by atoms with Crippen LogP contribution in [0.3, 0.4) is 0 Å². The van der Waals surface area contributed by atoms with Crippen LogP contribution in [0.15, 0.2) is 0 Å². The molecule has 11 atom stereocenters. The zero-order chi connectivity index (χ0) is 31.4. The Balaban J connectivity index is 1.71. The van der Waals surface area contributed by atoms with Crippen molar-refractivity contribution in [1.29, 1.82) is 0 Å². The van der Waals surface area contributed by atoms with E-state index in [1.807, 2.05) is 0 Å². The predicted molar refractivity (Wildman–Crippen MR) is 168 cm³/mol. The fraction of sp³-hybridized carbons (Fsp3) is 0.909. The van der Waals surface area contributed by atoms with Gasteiger partial charge in [0.2, 0.25) is 17.7 Å². The fourth-order valence-electron chi connectivity index (χ4n) is 10.6. The van der Waals surface area contributed by atoms with Crippen LogP contribution in [-0.2, 0) is 14.4 Å². The molecule has 4 saturated carbocycles. The van der Waals surface area contributed by atoms with Crippen molar-refractivity contribution in [2.45, 2.75) is 116 Å². The monoisotopic (exact) mass is 604 g/mol. The molecule has 43 heavy (non-hydrogen) atoms. The minimum Gasteiger partial charge on any atom is -0.396 e. The van der Waals surface area contributed by atoms with Gasteiger partial charge in [0.25, 0.3) is 0 Å². The van der Waals surface area contributed by atoms with Crippen LogP contribution in [0.2, 0.25) is 0 Å². The molecule has 4 fully saturated rings. The summed E-state index contributed by atoms with van der Waals surface area (Å²) in [6.45, 7) is 8.36. The summed E-state index contributed by atoms with van der Waals surface area (Å²) in [5.74, 6) is 2.27. The molecule has 10 nitrogen and oxygen atoms in total. The third kappa shape index (κ3) is 6.92. The van der Waals surface area contributed by atoms with Gasteiger partial charge < -0.3 is 38.3 Å². The quantitative estimate of drug-likeness (QED) is 0.167. The van der Waals surface area contributed by atoms with Gasteiger partial charge in [0.05, 0.1) is 0 Å². The minimum atomic E-state index is -0.117. The maximum atomic E-state index is 13.2. The lowest BCUT2D eigenvalue weighted by Crippen LogP contribution is -2.67. The van der Waals surface area contributed by atoms with Crippen LogP contribution in [-0.4, -0.2) is 67.2 Å². The number of hydrogen-bond acceptors (Lipinski definition) is 7. The molecular formula is C33H60N6O4. The van der Waals surface area contributed by atoms with Crippen LogP contribution >= 0.6 is 0 Å². The number of nitrogens with two attached hydrogens (primary N) is 3. The van der Waals surface area contributed by atoms with Crippen LogP contribution in [0.4, 0.5) is 0 Å². The van der Waals surface area contributed by atoms with E-state index in [0.717, 1.165) is 57.8 Å². The zero-order valence-electron chi connectivity index (χ0n) is 26.9. The molecule has 4 aliphatic rings. The van der Waals surface area contributed by atoms with E-state index in [0.29, 0.717) is 74.4 Å². The molecule has 0 aromatic heterocycles. The summed E-state index contributed by atoms with van der Waals surface area (Å²) in [7, 11) is 0. The van der Waals surface area contributed by atoms with Gasteiger partial charge in [-0.25, -0.2) is 0 Å². The average Bonchev–Trinajstić information content (AvgIpc) is 3.31. The summed E-state index contributed by atoms with van der Waals surface area (Å²) in [5.41, 5.74) is 17.2. The van der Waals surface area contributed by atoms with Gasteiger partial charge in [-0.1, -0.05) is 20.8 Å². The van der Waals surface area contributed by atoms with Gasteiger partial charge in [-0.3, -0.25) is 14.4 Å². The van der Waals surface area contributed by atoms with Crippen molar-refractivity contribution in [3.8, 4) is 0 Å². The van der Waals surface area contributed by atoms with Crippen molar-refractivity contribution >= 4 is 17.7 Å². The summed E-state index contributed by atoms with van der Waals surface area (Å²) in [6.07, 6.45) is 9.53. The number of amides is 3. The molecule has 10 N–H and O–H groups in total. The van der Waals surface area contributed by atoms with E-state index >= 15 is 0 Å². The van der Waals surface area contributed by atoms with Crippen molar-refractivity contribution in [3.63, 3.8) is 0 Å². The Kier molecular flexibility index (Phi) is 11.6. The number of nitrogens with one attached hydrogen (secondary N) is 3. The second-order valence-electron chi connectivity index (χ2n) is 14.8. The highest BCUT2D eigenvalue weighted by Crippen LogP contribution is 2.68. The standard InChI is InChI=1S/C33H60N6O4/c1-20(5-4-16-40)23-6-7-24-31-25(19-27(33(23,24)3)39-30(43)11-15-36)32(2)12-8-22(37-28(41)9-13-34)17-21(32)18-26(31)38-29(42)10-14-35/h20-27,31,40H,4-19,34-36H2,1-3H3,(H,37,41)(H,38,42)(H,39,43)/t20-,21?,22-,23?,24+,25+,26?,27?,31?,32?,33?/m1/s1. The van der Waals surface area contributed by atoms with E-state index in [9.17, 15) is 19.5 Å². The van der Waals surface area contributed by atoms with Gasteiger partial charge >= 0.3 is 0 Å². The van der Waals surface area contributed by atoms with Crippen LogP contribution in [0.5, 0.6) is 0 Å². The summed E-state index contributed by atoms with van der Waals surface area (Å²) >= 11 is 0. The van der Waals surface area contributed by atoms with Crippen LogP contribution in [0.1, 0.15) is 97.8 Å². The molecule has 4 aliphatic carbocycles. The average molecular weight is 605 g/mol. The fourth-order valence-corrected chi connectivity index (χ4v) is 10.6. The highest BCUT2D eigenvalue weighted by Gasteiger charge is 2.66. The lowest BCUT2D eigenvalue weighted by Gasteiger charge is -2.65. The lowest BCUT2D eigenvalue weighted by atomic mass is 9.42. The van der Waals surface area contributed by atoms with Crippen molar-refractivity contribution in [3.05, 3.63) is 0 Å². The smallest absolute Gasteiger partial charge is 0.221 e. The number of carbonyl (C=O) groups is 3. The largest absolute Gasteiger partial charge is 0.396 e. The molecule has 4 rings (SSSR count). The van der Waals surface area contributed by atoms with E-state index in [4.69, 9.17) is 17.2 Å². The summed E-state index contributed by atoms with van der Waals surface area (Å²) < 4.78 is 0.